The normalized spacial score (nSPS) is 20.5. The number of hydrogen-bond donors (Lipinski definition) is 4. The molecule has 0 aliphatic carbocycles. The molecular formula is C33H35ClN4O5. The average Bonchev–Trinajstić information content (AvgIpc) is 3.56. The molecule has 3 aromatic rings. The number of benzene rings is 3. The van der Waals surface area contributed by atoms with Crippen LogP contribution in [0.25, 0.3) is 0 Å². The minimum absolute atomic E-state index is 0.0641. The third-order valence-corrected chi connectivity index (χ3v) is 8.45. The summed E-state index contributed by atoms with van der Waals surface area (Å²) < 4.78 is 0. The lowest BCUT2D eigenvalue weighted by Crippen LogP contribution is -2.44. The molecule has 2 heterocycles. The monoisotopic (exact) mass is 602 g/mol. The van der Waals surface area contributed by atoms with Crippen LogP contribution in [0.2, 0.25) is 5.02 Å². The molecule has 0 bridgehead atoms. The number of fused-ring (bicyclic) bond motifs is 1. The third-order valence-electron chi connectivity index (χ3n) is 8.21. The van der Waals surface area contributed by atoms with Crippen LogP contribution in [0.15, 0.2) is 78.9 Å². The van der Waals surface area contributed by atoms with Crippen LogP contribution in [-0.4, -0.2) is 52.0 Å². The number of rotatable bonds is 9. The van der Waals surface area contributed by atoms with Crippen LogP contribution < -0.4 is 16.0 Å². The lowest BCUT2D eigenvalue weighted by Gasteiger charge is -2.28. The zero-order valence-electron chi connectivity index (χ0n) is 23.9. The second kappa shape index (κ2) is 12.6. The number of nitrogen functional groups attached to an aromatic ring is 1. The molecule has 0 aromatic heterocycles. The molecule has 5 N–H and O–H groups in total. The number of aliphatic hydroxyl groups is 2. The van der Waals surface area contributed by atoms with Crippen molar-refractivity contribution in [3.63, 3.8) is 0 Å². The van der Waals surface area contributed by atoms with Crippen molar-refractivity contribution in [3.05, 3.63) is 101 Å². The second-order valence-electron chi connectivity index (χ2n) is 11.1. The maximum atomic E-state index is 13.9. The number of likely N-dealkylation sites (tertiary alicyclic amines) is 1. The number of halogens is 1. The summed E-state index contributed by atoms with van der Waals surface area (Å²) >= 11 is 6.31. The van der Waals surface area contributed by atoms with E-state index in [4.69, 9.17) is 17.3 Å². The molecule has 0 saturated carbocycles. The Bertz CT molecular complexity index is 1560. The van der Waals surface area contributed by atoms with Crippen molar-refractivity contribution in [1.82, 2.24) is 4.90 Å². The minimum Gasteiger partial charge on any atom is -0.399 e. The van der Waals surface area contributed by atoms with Gasteiger partial charge in [0.25, 0.3) is 11.8 Å². The quantitative estimate of drug-likeness (QED) is 0.211. The van der Waals surface area contributed by atoms with Gasteiger partial charge in [0.15, 0.2) is 5.60 Å². The number of aliphatic hydroxyl groups excluding tert-OH is 1. The van der Waals surface area contributed by atoms with Crippen molar-refractivity contribution in [2.24, 2.45) is 5.92 Å². The molecule has 224 valence electrons. The van der Waals surface area contributed by atoms with Gasteiger partial charge in [-0.1, -0.05) is 42.8 Å². The van der Waals surface area contributed by atoms with Gasteiger partial charge in [-0.25, -0.2) is 0 Å². The van der Waals surface area contributed by atoms with E-state index in [-0.39, 0.29) is 37.4 Å². The molecule has 2 aliphatic rings. The van der Waals surface area contributed by atoms with Crippen LogP contribution in [0.3, 0.4) is 0 Å². The molecule has 0 unspecified atom stereocenters. The second-order valence-corrected chi connectivity index (χ2v) is 11.5. The summed E-state index contributed by atoms with van der Waals surface area (Å²) in [6, 6.07) is 18.6. The predicted molar refractivity (Wildman–Crippen MR) is 167 cm³/mol. The Kier molecular flexibility index (Phi) is 8.87. The molecule has 9 nitrogen and oxygen atoms in total. The molecule has 10 heteroatoms. The van der Waals surface area contributed by atoms with E-state index in [0.717, 1.165) is 18.4 Å². The Morgan fingerprint density at radius 1 is 1.16 bits per heavy atom. The lowest BCUT2D eigenvalue weighted by atomic mass is 9.83. The van der Waals surface area contributed by atoms with Gasteiger partial charge in [-0.3, -0.25) is 14.4 Å². The standard InChI is InChI=1S/C33H35ClN4O5/c1-21(5-2-9-30(40)37-16-4-8-27(37)20-39)33(43)28-18-24(34)12-15-29(28)38(32(33)42)19-22-6-3-7-26(17-22)36-31(41)23-10-13-25(35)14-11-23/h2-3,5-7,10-15,17-18,21,27,39,43H,4,8-9,16,19-20,35H2,1H3,(H,36,41)/b5-2+/t21-,27+,33+/m1/s1. The number of anilines is 3. The number of amides is 3. The molecule has 5 rings (SSSR count). The van der Waals surface area contributed by atoms with Crippen molar-refractivity contribution in [3.8, 4) is 0 Å². The summed E-state index contributed by atoms with van der Waals surface area (Å²) in [5.41, 5.74) is 7.07. The van der Waals surface area contributed by atoms with Gasteiger partial charge in [0.2, 0.25) is 5.91 Å². The van der Waals surface area contributed by atoms with Crippen molar-refractivity contribution in [2.45, 2.75) is 44.4 Å². The number of nitrogens with two attached hydrogens (primary N) is 1. The van der Waals surface area contributed by atoms with Crippen molar-refractivity contribution in [2.75, 3.05) is 29.1 Å². The zero-order chi connectivity index (χ0) is 30.7. The molecule has 3 aromatic carbocycles. The van der Waals surface area contributed by atoms with Crippen molar-refractivity contribution < 1.29 is 24.6 Å². The Morgan fingerprint density at radius 3 is 2.67 bits per heavy atom. The molecule has 0 radical (unpaired) electrons. The smallest absolute Gasteiger partial charge is 0.264 e. The Hall–Kier alpha value is -4.18. The fraction of sp³-hybridized carbons (Fsp3) is 0.303. The highest BCUT2D eigenvalue weighted by Gasteiger charge is 2.52. The summed E-state index contributed by atoms with van der Waals surface area (Å²) in [6.45, 7) is 2.43. The first-order valence-corrected chi connectivity index (χ1v) is 14.7. The highest BCUT2D eigenvalue weighted by molar-refractivity contribution is 6.31. The predicted octanol–water partition coefficient (Wildman–Crippen LogP) is 4.47. The summed E-state index contributed by atoms with van der Waals surface area (Å²) in [4.78, 5) is 42.6. The van der Waals surface area contributed by atoms with Gasteiger partial charge in [-0.15, -0.1) is 0 Å². The van der Waals surface area contributed by atoms with Crippen LogP contribution >= 0.6 is 11.6 Å². The van der Waals surface area contributed by atoms with E-state index in [2.05, 4.69) is 5.32 Å². The highest BCUT2D eigenvalue weighted by Crippen LogP contribution is 2.46. The fourth-order valence-corrected chi connectivity index (χ4v) is 6.00. The van der Waals surface area contributed by atoms with E-state index in [1.807, 2.05) is 6.07 Å². The van der Waals surface area contributed by atoms with Gasteiger partial charge >= 0.3 is 0 Å². The molecule has 3 amide bonds. The molecule has 0 spiro atoms. The number of nitrogens with zero attached hydrogens (tertiary/aromatic N) is 2. The minimum atomic E-state index is -1.90. The van der Waals surface area contributed by atoms with E-state index >= 15 is 0 Å². The lowest BCUT2D eigenvalue weighted by molar-refractivity contribution is -0.139. The van der Waals surface area contributed by atoms with E-state index in [0.29, 0.717) is 39.8 Å². The van der Waals surface area contributed by atoms with Gasteiger partial charge < -0.3 is 31.1 Å². The summed E-state index contributed by atoms with van der Waals surface area (Å²) in [5.74, 6) is -1.57. The Morgan fingerprint density at radius 2 is 1.93 bits per heavy atom. The molecule has 2 aliphatic heterocycles. The van der Waals surface area contributed by atoms with E-state index in [1.54, 1.807) is 84.6 Å². The third kappa shape index (κ3) is 6.15. The largest absolute Gasteiger partial charge is 0.399 e. The maximum absolute atomic E-state index is 13.9. The van der Waals surface area contributed by atoms with Crippen LogP contribution in [0.4, 0.5) is 17.1 Å². The molecule has 1 fully saturated rings. The van der Waals surface area contributed by atoms with Crippen LogP contribution in [-0.2, 0) is 21.7 Å². The first-order valence-electron chi connectivity index (χ1n) is 14.3. The Balaban J connectivity index is 1.33. The van der Waals surface area contributed by atoms with Gasteiger partial charge in [-0.05, 0) is 73.0 Å². The number of carbonyl (C=O) groups is 3. The van der Waals surface area contributed by atoms with E-state index in [1.165, 1.54) is 4.90 Å². The molecule has 43 heavy (non-hydrogen) atoms. The van der Waals surface area contributed by atoms with Gasteiger partial charge in [-0.2, -0.15) is 0 Å². The molecule has 3 atom stereocenters. The van der Waals surface area contributed by atoms with Crippen molar-refractivity contribution in [1.29, 1.82) is 0 Å². The molecular weight excluding hydrogens is 568 g/mol. The number of nitrogens with one attached hydrogen (secondary N) is 1. The summed E-state index contributed by atoms with van der Waals surface area (Å²) in [5, 5.41) is 24.7. The van der Waals surface area contributed by atoms with E-state index < -0.39 is 17.4 Å². The molecule has 1 saturated heterocycles. The summed E-state index contributed by atoms with van der Waals surface area (Å²) in [6.07, 6.45) is 5.09. The average molecular weight is 603 g/mol. The maximum Gasteiger partial charge on any atom is 0.264 e. The fourth-order valence-electron chi connectivity index (χ4n) is 5.83. The summed E-state index contributed by atoms with van der Waals surface area (Å²) in [7, 11) is 0. The van der Waals surface area contributed by atoms with E-state index in [9.17, 15) is 24.6 Å². The van der Waals surface area contributed by atoms with Crippen molar-refractivity contribution >= 4 is 46.4 Å². The van der Waals surface area contributed by atoms with Crippen LogP contribution in [0, 0.1) is 5.92 Å². The first kappa shape index (κ1) is 30.3. The van der Waals surface area contributed by atoms with Gasteiger partial charge in [0.1, 0.15) is 0 Å². The zero-order valence-corrected chi connectivity index (χ0v) is 24.6. The van der Waals surface area contributed by atoms with Gasteiger partial charge in [0.05, 0.1) is 24.9 Å². The topological polar surface area (TPSA) is 136 Å². The Labute approximate surface area is 255 Å². The van der Waals surface area contributed by atoms with Crippen LogP contribution in [0.5, 0.6) is 0 Å². The van der Waals surface area contributed by atoms with Gasteiger partial charge in [0, 0.05) is 46.4 Å². The first-order chi connectivity index (χ1) is 20.6. The SMILES string of the molecule is C[C@H](/C=C/CC(=O)N1CCC[C@H]1CO)[C@@]1(O)C(=O)N(Cc2cccc(NC(=O)c3ccc(N)cc3)c2)c2ccc(Cl)cc21. The van der Waals surface area contributed by atoms with Crippen LogP contribution in [0.1, 0.15) is 47.7 Å². The highest BCUT2D eigenvalue weighted by atomic mass is 35.5. The number of hydrogen-bond acceptors (Lipinski definition) is 6. The number of carbonyl (C=O) groups excluding carboxylic acids is 3.